The number of aliphatic hydroxyl groups is 1. The molecule has 0 aliphatic carbocycles. The second-order valence-corrected chi connectivity index (χ2v) is 9.09. The number of hydrogen-bond acceptors (Lipinski definition) is 4. The second-order valence-electron chi connectivity index (χ2n) is 9.09. The summed E-state index contributed by atoms with van der Waals surface area (Å²) in [5.41, 5.74) is 0. The summed E-state index contributed by atoms with van der Waals surface area (Å²) in [6, 6.07) is 0. The van der Waals surface area contributed by atoms with Gasteiger partial charge in [-0.25, -0.2) is 0 Å². The standard InChI is InChI=1S/C32H54O4/c1-3-5-7-9-10-11-12-13-14-15-16-17-18-19-20-21-22-23-24-26-28-35-30-31(29-33)36-32(34)27-25-8-6-4-2/h5,7,10-11,13-14,16-17,19-20,31,33H,3-4,6,8-9,12,15,18,21-30H2,1-2H3/b7-5-,11-10-,14-13-,17-16-,20-19-. The number of aliphatic hydroxyl groups excluding tert-OH is 1. The van der Waals surface area contributed by atoms with Crippen LogP contribution in [0.4, 0.5) is 0 Å². The van der Waals surface area contributed by atoms with Gasteiger partial charge in [0.25, 0.3) is 0 Å². The number of carbonyl (C=O) groups excluding carboxylic acids is 1. The third-order valence-electron chi connectivity index (χ3n) is 5.61. The molecule has 206 valence electrons. The zero-order valence-corrected chi connectivity index (χ0v) is 23.3. The van der Waals surface area contributed by atoms with Crippen LogP contribution in [0.25, 0.3) is 0 Å². The molecule has 0 aromatic rings. The number of hydrogen-bond donors (Lipinski definition) is 1. The van der Waals surface area contributed by atoms with Gasteiger partial charge < -0.3 is 14.6 Å². The maximum absolute atomic E-state index is 11.8. The first-order valence-corrected chi connectivity index (χ1v) is 14.4. The Kier molecular flexibility index (Phi) is 27.8. The predicted molar refractivity (Wildman–Crippen MR) is 154 cm³/mol. The number of allylic oxidation sites excluding steroid dienone is 10. The lowest BCUT2D eigenvalue weighted by atomic mass is 10.1. The topological polar surface area (TPSA) is 55.8 Å². The fourth-order valence-corrected chi connectivity index (χ4v) is 3.47. The molecule has 1 N–H and O–H groups in total. The molecular weight excluding hydrogens is 448 g/mol. The number of esters is 1. The fraction of sp³-hybridized carbons (Fsp3) is 0.656. The highest BCUT2D eigenvalue weighted by Crippen LogP contribution is 2.07. The van der Waals surface area contributed by atoms with Crippen LogP contribution >= 0.6 is 0 Å². The summed E-state index contributed by atoms with van der Waals surface area (Å²) in [4.78, 5) is 11.8. The Labute approximate surface area is 222 Å². The third-order valence-corrected chi connectivity index (χ3v) is 5.61. The molecule has 0 fully saturated rings. The molecule has 4 nitrogen and oxygen atoms in total. The van der Waals surface area contributed by atoms with E-state index in [2.05, 4.69) is 74.6 Å². The Hall–Kier alpha value is -1.91. The summed E-state index contributed by atoms with van der Waals surface area (Å²) in [5.74, 6) is -0.233. The molecule has 0 aliphatic rings. The van der Waals surface area contributed by atoms with Gasteiger partial charge in [0.15, 0.2) is 0 Å². The van der Waals surface area contributed by atoms with E-state index in [1.807, 2.05) is 0 Å². The maximum atomic E-state index is 11.8. The van der Waals surface area contributed by atoms with Gasteiger partial charge in [-0.15, -0.1) is 0 Å². The lowest BCUT2D eigenvalue weighted by Gasteiger charge is -2.15. The van der Waals surface area contributed by atoms with Crippen molar-refractivity contribution in [2.75, 3.05) is 19.8 Å². The fourth-order valence-electron chi connectivity index (χ4n) is 3.47. The van der Waals surface area contributed by atoms with Crippen molar-refractivity contribution in [1.29, 1.82) is 0 Å². The molecule has 0 aromatic carbocycles. The Bertz CT molecular complexity index is 616. The first-order chi connectivity index (χ1) is 17.7. The van der Waals surface area contributed by atoms with Gasteiger partial charge in [-0.1, -0.05) is 107 Å². The molecule has 0 spiro atoms. The summed E-state index contributed by atoms with van der Waals surface area (Å²) in [5, 5.41) is 9.38. The van der Waals surface area contributed by atoms with E-state index < -0.39 is 6.10 Å². The molecule has 0 heterocycles. The molecule has 0 aromatic heterocycles. The van der Waals surface area contributed by atoms with Crippen LogP contribution in [0.5, 0.6) is 0 Å². The zero-order chi connectivity index (χ0) is 26.4. The molecular formula is C32H54O4. The highest BCUT2D eigenvalue weighted by atomic mass is 16.6. The van der Waals surface area contributed by atoms with Crippen molar-refractivity contribution in [3.8, 4) is 0 Å². The number of rotatable bonds is 25. The highest BCUT2D eigenvalue weighted by Gasteiger charge is 2.13. The molecule has 0 radical (unpaired) electrons. The van der Waals surface area contributed by atoms with Crippen LogP contribution in [0, 0.1) is 0 Å². The summed E-state index contributed by atoms with van der Waals surface area (Å²) in [7, 11) is 0. The SMILES string of the molecule is CC/C=C\C/C=C\C/C=C\C/C=C\C/C=C\CCCCCCOCC(CO)OC(=O)CCCCCC. The average molecular weight is 503 g/mol. The van der Waals surface area contributed by atoms with Gasteiger partial charge in [0.1, 0.15) is 6.10 Å². The first-order valence-electron chi connectivity index (χ1n) is 14.4. The Morgan fingerprint density at radius 1 is 0.694 bits per heavy atom. The van der Waals surface area contributed by atoms with Gasteiger partial charge in [-0.3, -0.25) is 4.79 Å². The van der Waals surface area contributed by atoms with Gasteiger partial charge in [-0.05, 0) is 57.8 Å². The van der Waals surface area contributed by atoms with E-state index in [0.717, 1.165) is 77.0 Å². The van der Waals surface area contributed by atoms with Crippen molar-refractivity contribution in [1.82, 2.24) is 0 Å². The van der Waals surface area contributed by atoms with Gasteiger partial charge in [0.05, 0.1) is 13.2 Å². The van der Waals surface area contributed by atoms with E-state index in [1.165, 1.54) is 12.8 Å². The highest BCUT2D eigenvalue weighted by molar-refractivity contribution is 5.69. The number of ether oxygens (including phenoxy) is 2. The van der Waals surface area contributed by atoms with Gasteiger partial charge >= 0.3 is 5.97 Å². The lowest BCUT2D eigenvalue weighted by Crippen LogP contribution is -2.27. The third kappa shape index (κ3) is 26.7. The molecule has 1 atom stereocenters. The molecule has 0 bridgehead atoms. The normalized spacial score (nSPS) is 13.3. The van der Waals surface area contributed by atoms with Crippen molar-refractivity contribution in [2.45, 2.75) is 116 Å². The summed E-state index contributed by atoms with van der Waals surface area (Å²) < 4.78 is 10.9. The Morgan fingerprint density at radius 3 is 1.83 bits per heavy atom. The average Bonchev–Trinajstić information content (AvgIpc) is 2.88. The van der Waals surface area contributed by atoms with Gasteiger partial charge in [0.2, 0.25) is 0 Å². The Morgan fingerprint density at radius 2 is 1.25 bits per heavy atom. The molecule has 0 aliphatic heterocycles. The quantitative estimate of drug-likeness (QED) is 0.0771. The summed E-state index contributed by atoms with van der Waals surface area (Å²) in [6.45, 7) is 5.03. The minimum atomic E-state index is -0.543. The van der Waals surface area contributed by atoms with Crippen molar-refractivity contribution < 1.29 is 19.4 Å². The van der Waals surface area contributed by atoms with Crippen LogP contribution in [-0.2, 0) is 14.3 Å². The van der Waals surface area contributed by atoms with E-state index in [-0.39, 0.29) is 19.2 Å². The Balaban J connectivity index is 3.53. The molecule has 36 heavy (non-hydrogen) atoms. The number of unbranched alkanes of at least 4 members (excludes halogenated alkanes) is 7. The molecule has 0 amide bonds. The van der Waals surface area contributed by atoms with E-state index >= 15 is 0 Å². The van der Waals surface area contributed by atoms with Crippen LogP contribution in [-0.4, -0.2) is 37.0 Å². The molecule has 0 saturated heterocycles. The van der Waals surface area contributed by atoms with Crippen molar-refractivity contribution >= 4 is 5.97 Å². The van der Waals surface area contributed by atoms with E-state index in [1.54, 1.807) is 0 Å². The second kappa shape index (κ2) is 29.3. The monoisotopic (exact) mass is 502 g/mol. The smallest absolute Gasteiger partial charge is 0.306 e. The van der Waals surface area contributed by atoms with Gasteiger partial charge in [0, 0.05) is 13.0 Å². The maximum Gasteiger partial charge on any atom is 0.306 e. The molecule has 0 rings (SSSR count). The number of carbonyl (C=O) groups is 1. The summed E-state index contributed by atoms with van der Waals surface area (Å²) in [6.07, 6.45) is 37.1. The first kappa shape index (κ1) is 34.1. The van der Waals surface area contributed by atoms with Crippen LogP contribution in [0.3, 0.4) is 0 Å². The van der Waals surface area contributed by atoms with Crippen LogP contribution in [0.15, 0.2) is 60.8 Å². The van der Waals surface area contributed by atoms with Crippen molar-refractivity contribution in [2.24, 2.45) is 0 Å². The van der Waals surface area contributed by atoms with E-state index in [4.69, 9.17) is 9.47 Å². The van der Waals surface area contributed by atoms with E-state index in [0.29, 0.717) is 13.0 Å². The van der Waals surface area contributed by atoms with Crippen LogP contribution in [0.1, 0.15) is 110 Å². The minimum Gasteiger partial charge on any atom is -0.457 e. The predicted octanol–water partition coefficient (Wildman–Crippen LogP) is 8.58. The van der Waals surface area contributed by atoms with Gasteiger partial charge in [-0.2, -0.15) is 0 Å². The van der Waals surface area contributed by atoms with Crippen LogP contribution in [0.2, 0.25) is 0 Å². The van der Waals surface area contributed by atoms with Crippen LogP contribution < -0.4 is 0 Å². The molecule has 4 heteroatoms. The molecule has 1 unspecified atom stereocenters. The zero-order valence-electron chi connectivity index (χ0n) is 23.3. The largest absolute Gasteiger partial charge is 0.457 e. The molecule has 0 saturated carbocycles. The van der Waals surface area contributed by atoms with E-state index in [9.17, 15) is 9.90 Å². The van der Waals surface area contributed by atoms with Crippen molar-refractivity contribution in [3.05, 3.63) is 60.8 Å². The minimum absolute atomic E-state index is 0.187. The lowest BCUT2D eigenvalue weighted by molar-refractivity contribution is -0.154. The van der Waals surface area contributed by atoms with Crippen molar-refractivity contribution in [3.63, 3.8) is 0 Å². The summed E-state index contributed by atoms with van der Waals surface area (Å²) >= 11 is 0.